The van der Waals surface area contributed by atoms with Gasteiger partial charge < -0.3 is 10.1 Å². The molecular weight excluding hydrogens is 345 g/mol. The molecule has 27 heavy (non-hydrogen) atoms. The van der Waals surface area contributed by atoms with Crippen LogP contribution in [-0.2, 0) is 20.7 Å². The number of hydrogen-bond acceptors (Lipinski definition) is 3. The molecule has 0 aliphatic carbocycles. The summed E-state index contributed by atoms with van der Waals surface area (Å²) < 4.78 is 18.1. The standard InChI is InChI=1S/C22H26FNO3/c1-3-16(2)21(18-7-5-4-6-8-18)22(26)27-15-20(25)24-14-13-17-9-11-19(23)12-10-17/h4-12,16,21H,3,13-15H2,1-2H3,(H,24,25)/t16-,21-/m1/s1. The molecule has 2 aromatic carbocycles. The first-order chi connectivity index (χ1) is 13.0. The van der Waals surface area contributed by atoms with E-state index < -0.39 is 0 Å². The fourth-order valence-electron chi connectivity index (χ4n) is 2.87. The Hall–Kier alpha value is -2.69. The van der Waals surface area contributed by atoms with Crippen molar-refractivity contribution >= 4 is 11.9 Å². The molecule has 2 rings (SSSR count). The number of halogens is 1. The lowest BCUT2D eigenvalue weighted by Gasteiger charge is -2.21. The molecule has 144 valence electrons. The highest BCUT2D eigenvalue weighted by atomic mass is 19.1. The summed E-state index contributed by atoms with van der Waals surface area (Å²) in [5.74, 6) is -1.29. The first-order valence-electron chi connectivity index (χ1n) is 9.24. The molecule has 0 radical (unpaired) electrons. The Kier molecular flexibility index (Phi) is 7.99. The van der Waals surface area contributed by atoms with Gasteiger partial charge in [0.2, 0.25) is 0 Å². The average molecular weight is 371 g/mol. The SMILES string of the molecule is CC[C@@H](C)[C@@H](C(=O)OCC(=O)NCCc1ccc(F)cc1)c1ccccc1. The molecule has 0 saturated carbocycles. The number of hydrogen-bond donors (Lipinski definition) is 1. The molecule has 0 aliphatic heterocycles. The van der Waals surface area contributed by atoms with Crippen molar-refractivity contribution < 1.29 is 18.7 Å². The molecule has 0 heterocycles. The monoisotopic (exact) mass is 371 g/mol. The van der Waals surface area contributed by atoms with E-state index in [2.05, 4.69) is 5.32 Å². The van der Waals surface area contributed by atoms with Gasteiger partial charge in [-0.1, -0.05) is 62.7 Å². The second kappa shape index (κ2) is 10.5. The van der Waals surface area contributed by atoms with Gasteiger partial charge in [-0.25, -0.2) is 4.39 Å². The second-order valence-corrected chi connectivity index (χ2v) is 6.61. The maximum atomic E-state index is 12.9. The van der Waals surface area contributed by atoms with Crippen LogP contribution in [0.15, 0.2) is 54.6 Å². The first kappa shape index (κ1) is 20.6. The van der Waals surface area contributed by atoms with Gasteiger partial charge in [0, 0.05) is 6.54 Å². The van der Waals surface area contributed by atoms with Crippen molar-refractivity contribution in [2.75, 3.05) is 13.2 Å². The normalized spacial score (nSPS) is 12.9. The minimum atomic E-state index is -0.386. The van der Waals surface area contributed by atoms with Crippen molar-refractivity contribution in [3.8, 4) is 0 Å². The van der Waals surface area contributed by atoms with Crippen LogP contribution in [0.25, 0.3) is 0 Å². The van der Waals surface area contributed by atoms with Crippen LogP contribution < -0.4 is 5.32 Å². The van der Waals surface area contributed by atoms with Crippen molar-refractivity contribution in [2.24, 2.45) is 5.92 Å². The van der Waals surface area contributed by atoms with Crippen molar-refractivity contribution in [3.63, 3.8) is 0 Å². The fourth-order valence-corrected chi connectivity index (χ4v) is 2.87. The fraction of sp³-hybridized carbons (Fsp3) is 0.364. The molecule has 0 aromatic heterocycles. The van der Waals surface area contributed by atoms with E-state index in [4.69, 9.17) is 4.74 Å². The molecule has 0 saturated heterocycles. The molecular formula is C22H26FNO3. The van der Waals surface area contributed by atoms with Crippen LogP contribution in [0.1, 0.15) is 37.3 Å². The Morgan fingerprint density at radius 3 is 2.37 bits per heavy atom. The predicted molar refractivity (Wildman–Crippen MR) is 103 cm³/mol. The van der Waals surface area contributed by atoms with E-state index in [1.54, 1.807) is 12.1 Å². The smallest absolute Gasteiger partial charge is 0.314 e. The van der Waals surface area contributed by atoms with Crippen molar-refractivity contribution in [2.45, 2.75) is 32.6 Å². The highest BCUT2D eigenvalue weighted by Gasteiger charge is 2.27. The lowest BCUT2D eigenvalue weighted by molar-refractivity contribution is -0.151. The number of benzene rings is 2. The molecule has 2 atom stereocenters. The van der Waals surface area contributed by atoms with Gasteiger partial charge in [0.25, 0.3) is 5.91 Å². The van der Waals surface area contributed by atoms with Gasteiger partial charge in [0.15, 0.2) is 6.61 Å². The van der Waals surface area contributed by atoms with E-state index in [1.807, 2.05) is 44.2 Å². The van der Waals surface area contributed by atoms with Crippen LogP contribution in [0.2, 0.25) is 0 Å². The summed E-state index contributed by atoms with van der Waals surface area (Å²) in [6.45, 7) is 4.12. The largest absolute Gasteiger partial charge is 0.455 e. The van der Waals surface area contributed by atoms with Crippen LogP contribution in [-0.4, -0.2) is 25.0 Å². The Morgan fingerprint density at radius 2 is 1.74 bits per heavy atom. The second-order valence-electron chi connectivity index (χ2n) is 6.61. The van der Waals surface area contributed by atoms with E-state index in [9.17, 15) is 14.0 Å². The highest BCUT2D eigenvalue weighted by molar-refractivity contribution is 5.83. The molecule has 0 fully saturated rings. The number of esters is 1. The molecule has 0 aliphatic rings. The predicted octanol–water partition coefficient (Wildman–Crippen LogP) is 3.86. The Balaban J connectivity index is 1.81. The van der Waals surface area contributed by atoms with Crippen LogP contribution in [0.4, 0.5) is 4.39 Å². The van der Waals surface area contributed by atoms with Gasteiger partial charge in [0.1, 0.15) is 5.82 Å². The number of carbonyl (C=O) groups is 2. The summed E-state index contributed by atoms with van der Waals surface area (Å²) in [7, 11) is 0. The minimum Gasteiger partial charge on any atom is -0.455 e. The van der Waals surface area contributed by atoms with Gasteiger partial charge in [-0.15, -0.1) is 0 Å². The third kappa shape index (κ3) is 6.51. The van der Waals surface area contributed by atoms with Gasteiger partial charge >= 0.3 is 5.97 Å². The third-order valence-electron chi connectivity index (χ3n) is 4.62. The third-order valence-corrected chi connectivity index (χ3v) is 4.62. The lowest BCUT2D eigenvalue weighted by atomic mass is 9.86. The zero-order valence-electron chi connectivity index (χ0n) is 15.8. The highest BCUT2D eigenvalue weighted by Crippen LogP contribution is 2.28. The summed E-state index contributed by atoms with van der Waals surface area (Å²) in [6.07, 6.45) is 1.41. The Labute approximate surface area is 159 Å². The summed E-state index contributed by atoms with van der Waals surface area (Å²) in [5.41, 5.74) is 1.82. The van der Waals surface area contributed by atoms with Gasteiger partial charge in [-0.3, -0.25) is 9.59 Å². The molecule has 2 aromatic rings. The van der Waals surface area contributed by atoms with Crippen LogP contribution in [0, 0.1) is 11.7 Å². The molecule has 0 bridgehead atoms. The minimum absolute atomic E-state index is 0.112. The topological polar surface area (TPSA) is 55.4 Å². The number of carbonyl (C=O) groups excluding carboxylic acids is 2. The molecule has 0 unspecified atom stereocenters. The first-order valence-corrected chi connectivity index (χ1v) is 9.24. The Morgan fingerprint density at radius 1 is 1.07 bits per heavy atom. The van der Waals surface area contributed by atoms with Crippen molar-refractivity contribution in [3.05, 3.63) is 71.5 Å². The van der Waals surface area contributed by atoms with Gasteiger partial charge in [-0.2, -0.15) is 0 Å². The molecule has 1 N–H and O–H groups in total. The number of nitrogens with one attached hydrogen (secondary N) is 1. The number of ether oxygens (including phenoxy) is 1. The van der Waals surface area contributed by atoms with Gasteiger partial charge in [0.05, 0.1) is 5.92 Å². The summed E-state index contributed by atoms with van der Waals surface area (Å²) in [6, 6.07) is 15.6. The maximum absolute atomic E-state index is 12.9. The lowest BCUT2D eigenvalue weighted by Crippen LogP contribution is -2.32. The van der Waals surface area contributed by atoms with Gasteiger partial charge in [-0.05, 0) is 35.6 Å². The summed E-state index contributed by atoms with van der Waals surface area (Å²) in [5, 5.41) is 2.71. The zero-order valence-corrected chi connectivity index (χ0v) is 15.8. The quantitative estimate of drug-likeness (QED) is 0.681. The van der Waals surface area contributed by atoms with E-state index in [-0.39, 0.29) is 36.1 Å². The van der Waals surface area contributed by atoms with Crippen molar-refractivity contribution in [1.82, 2.24) is 5.32 Å². The maximum Gasteiger partial charge on any atom is 0.314 e. The average Bonchev–Trinajstić information content (AvgIpc) is 2.68. The van der Waals surface area contributed by atoms with E-state index in [0.717, 1.165) is 17.5 Å². The van der Waals surface area contributed by atoms with E-state index in [0.29, 0.717) is 13.0 Å². The van der Waals surface area contributed by atoms with Crippen molar-refractivity contribution in [1.29, 1.82) is 0 Å². The number of rotatable bonds is 9. The molecule has 4 nitrogen and oxygen atoms in total. The molecule has 0 spiro atoms. The van der Waals surface area contributed by atoms with Crippen LogP contribution in [0.3, 0.4) is 0 Å². The summed E-state index contributed by atoms with van der Waals surface area (Å²) in [4.78, 5) is 24.5. The van der Waals surface area contributed by atoms with Crippen LogP contribution >= 0.6 is 0 Å². The zero-order chi connectivity index (χ0) is 19.6. The van der Waals surface area contributed by atoms with Crippen LogP contribution in [0.5, 0.6) is 0 Å². The molecule has 1 amide bonds. The van der Waals surface area contributed by atoms with E-state index >= 15 is 0 Å². The van der Waals surface area contributed by atoms with E-state index in [1.165, 1.54) is 12.1 Å². The molecule has 5 heteroatoms. The summed E-state index contributed by atoms with van der Waals surface area (Å²) >= 11 is 0. The Bertz CT molecular complexity index is 731. The number of amides is 1.